The van der Waals surface area contributed by atoms with Crippen molar-refractivity contribution in [3.63, 3.8) is 0 Å². The first-order chi connectivity index (χ1) is 11.0. The van der Waals surface area contributed by atoms with Crippen molar-refractivity contribution in [1.29, 1.82) is 0 Å². The molecule has 1 saturated heterocycles. The van der Waals surface area contributed by atoms with E-state index in [1.807, 2.05) is 56.0 Å². The molecule has 0 spiro atoms. The molecule has 2 aromatic rings. The molecule has 7 heteroatoms. The van der Waals surface area contributed by atoms with Crippen molar-refractivity contribution in [2.45, 2.75) is 26.5 Å². The molecule has 0 amide bonds. The fraction of sp³-hybridized carbons (Fsp3) is 0.562. The average molecular weight is 316 g/mol. The number of hydrogen-bond acceptors (Lipinski definition) is 6. The minimum atomic E-state index is 0.0926. The number of nitrogens with zero attached hydrogens (tertiary/aromatic N) is 6. The minimum Gasteiger partial charge on any atom is -0.373 e. The second kappa shape index (κ2) is 6.54. The fourth-order valence-electron chi connectivity index (χ4n) is 2.69. The molecule has 23 heavy (non-hydrogen) atoms. The molecule has 3 rings (SSSR count). The van der Waals surface area contributed by atoms with Crippen molar-refractivity contribution in [2.24, 2.45) is 0 Å². The first-order valence-corrected chi connectivity index (χ1v) is 7.90. The molecule has 0 saturated carbocycles. The highest BCUT2D eigenvalue weighted by Gasteiger charge is 2.23. The smallest absolute Gasteiger partial charge is 0.227 e. The van der Waals surface area contributed by atoms with Gasteiger partial charge in [0, 0.05) is 45.1 Å². The molecule has 1 aliphatic heterocycles. The number of rotatable bonds is 4. The predicted molar refractivity (Wildman–Crippen MR) is 90.0 cm³/mol. The van der Waals surface area contributed by atoms with Gasteiger partial charge < -0.3 is 14.5 Å². The van der Waals surface area contributed by atoms with E-state index in [2.05, 4.69) is 20.0 Å². The van der Waals surface area contributed by atoms with Gasteiger partial charge in [0.25, 0.3) is 0 Å². The Morgan fingerprint density at radius 1 is 1.30 bits per heavy atom. The van der Waals surface area contributed by atoms with Crippen molar-refractivity contribution in [3.8, 4) is 0 Å². The van der Waals surface area contributed by atoms with E-state index in [0.29, 0.717) is 6.61 Å². The molecule has 1 fully saturated rings. The van der Waals surface area contributed by atoms with E-state index in [1.165, 1.54) is 0 Å². The van der Waals surface area contributed by atoms with Crippen LogP contribution >= 0.6 is 0 Å². The quantitative estimate of drug-likeness (QED) is 0.846. The lowest BCUT2D eigenvalue weighted by atomic mass is 10.2. The monoisotopic (exact) mass is 316 g/mol. The third-order valence-corrected chi connectivity index (χ3v) is 3.86. The van der Waals surface area contributed by atoms with Gasteiger partial charge in [-0.2, -0.15) is 10.1 Å². The molecule has 0 radical (unpaired) electrons. The molecule has 124 valence electrons. The van der Waals surface area contributed by atoms with E-state index in [0.717, 1.165) is 42.7 Å². The van der Waals surface area contributed by atoms with Crippen molar-refractivity contribution in [2.75, 3.05) is 43.6 Å². The van der Waals surface area contributed by atoms with Crippen LogP contribution in [-0.2, 0) is 11.3 Å². The Hall–Kier alpha value is -2.15. The zero-order valence-electron chi connectivity index (χ0n) is 14.2. The number of morpholine rings is 1. The maximum Gasteiger partial charge on any atom is 0.227 e. The van der Waals surface area contributed by atoms with Gasteiger partial charge in [-0.05, 0) is 19.4 Å². The number of ether oxygens (including phenoxy) is 1. The number of anilines is 2. The number of aromatic nitrogens is 4. The summed E-state index contributed by atoms with van der Waals surface area (Å²) in [7, 11) is 3.99. The summed E-state index contributed by atoms with van der Waals surface area (Å²) in [5.41, 5.74) is 2.14. The van der Waals surface area contributed by atoms with Gasteiger partial charge in [-0.25, -0.2) is 4.98 Å². The summed E-state index contributed by atoms with van der Waals surface area (Å²) in [6.07, 6.45) is 4.00. The minimum absolute atomic E-state index is 0.0926. The molecule has 1 aliphatic rings. The summed E-state index contributed by atoms with van der Waals surface area (Å²) in [6.45, 7) is 7.06. The van der Waals surface area contributed by atoms with Crippen LogP contribution in [0.1, 0.15) is 11.3 Å². The molecule has 1 atom stereocenters. The van der Waals surface area contributed by atoms with Crippen LogP contribution in [0.25, 0.3) is 0 Å². The van der Waals surface area contributed by atoms with Gasteiger partial charge >= 0.3 is 0 Å². The lowest BCUT2D eigenvalue weighted by molar-refractivity contribution is 0.0269. The van der Waals surface area contributed by atoms with E-state index in [-0.39, 0.29) is 6.10 Å². The topological polar surface area (TPSA) is 59.3 Å². The van der Waals surface area contributed by atoms with Gasteiger partial charge in [0.1, 0.15) is 5.82 Å². The maximum absolute atomic E-state index is 5.88. The van der Waals surface area contributed by atoms with Gasteiger partial charge in [0.2, 0.25) is 5.95 Å². The Bertz CT molecular complexity index is 668. The lowest BCUT2D eigenvalue weighted by Crippen LogP contribution is -2.45. The second-order valence-electron chi connectivity index (χ2n) is 6.24. The largest absolute Gasteiger partial charge is 0.373 e. The van der Waals surface area contributed by atoms with Crippen LogP contribution in [-0.4, -0.2) is 59.6 Å². The van der Waals surface area contributed by atoms with Crippen molar-refractivity contribution >= 4 is 11.8 Å². The van der Waals surface area contributed by atoms with Crippen LogP contribution in [0.5, 0.6) is 0 Å². The van der Waals surface area contributed by atoms with Crippen molar-refractivity contribution in [3.05, 3.63) is 29.7 Å². The summed E-state index contributed by atoms with van der Waals surface area (Å²) in [5.74, 6) is 1.71. The zero-order chi connectivity index (χ0) is 16.4. The Balaban J connectivity index is 1.73. The molecule has 0 bridgehead atoms. The summed E-state index contributed by atoms with van der Waals surface area (Å²) < 4.78 is 7.82. The second-order valence-corrected chi connectivity index (χ2v) is 6.24. The molecule has 2 aromatic heterocycles. The molecule has 3 heterocycles. The first-order valence-electron chi connectivity index (χ1n) is 7.90. The Morgan fingerprint density at radius 2 is 2.13 bits per heavy atom. The fourth-order valence-corrected chi connectivity index (χ4v) is 2.69. The van der Waals surface area contributed by atoms with E-state index in [4.69, 9.17) is 4.74 Å². The molecule has 0 aromatic carbocycles. The van der Waals surface area contributed by atoms with Crippen LogP contribution in [0.15, 0.2) is 18.5 Å². The third kappa shape index (κ3) is 3.79. The first kappa shape index (κ1) is 15.7. The Labute approximate surface area is 136 Å². The third-order valence-electron chi connectivity index (χ3n) is 3.86. The molecule has 7 nitrogen and oxygen atoms in total. The summed E-state index contributed by atoms with van der Waals surface area (Å²) in [4.78, 5) is 13.5. The van der Waals surface area contributed by atoms with Gasteiger partial charge in [-0.15, -0.1) is 0 Å². The van der Waals surface area contributed by atoms with Crippen LogP contribution in [0.4, 0.5) is 11.8 Å². The van der Waals surface area contributed by atoms with Gasteiger partial charge in [0.05, 0.1) is 25.5 Å². The van der Waals surface area contributed by atoms with Gasteiger partial charge in [-0.1, -0.05) is 0 Å². The molecular weight excluding hydrogens is 292 g/mol. The maximum atomic E-state index is 5.88. The molecule has 0 aliphatic carbocycles. The lowest BCUT2D eigenvalue weighted by Gasteiger charge is -2.33. The standard InChI is InChI=1S/C16H24N6O/c1-12-8-17-22(9-12)11-14-10-21(5-6-23-14)16-18-13(2)7-15(19-16)20(3)4/h7-9,14H,5-6,10-11H2,1-4H3/t14-/m0/s1. The van der Waals surface area contributed by atoms with E-state index in [1.54, 1.807) is 0 Å². The number of aryl methyl sites for hydroxylation is 2. The van der Waals surface area contributed by atoms with Crippen molar-refractivity contribution in [1.82, 2.24) is 19.7 Å². The van der Waals surface area contributed by atoms with E-state index >= 15 is 0 Å². The highest BCUT2D eigenvalue weighted by Crippen LogP contribution is 2.18. The van der Waals surface area contributed by atoms with Crippen molar-refractivity contribution < 1.29 is 4.74 Å². The zero-order valence-corrected chi connectivity index (χ0v) is 14.2. The predicted octanol–water partition coefficient (Wildman–Crippen LogP) is 1.26. The van der Waals surface area contributed by atoms with Crippen LogP contribution in [0.2, 0.25) is 0 Å². The van der Waals surface area contributed by atoms with Crippen LogP contribution in [0.3, 0.4) is 0 Å². The number of hydrogen-bond donors (Lipinski definition) is 0. The highest BCUT2D eigenvalue weighted by atomic mass is 16.5. The molecule has 0 N–H and O–H groups in total. The highest BCUT2D eigenvalue weighted by molar-refractivity contribution is 5.45. The van der Waals surface area contributed by atoms with E-state index < -0.39 is 0 Å². The van der Waals surface area contributed by atoms with Gasteiger partial charge in [-0.3, -0.25) is 4.68 Å². The molecular formula is C16H24N6O. The molecule has 0 unspecified atom stereocenters. The summed E-state index contributed by atoms with van der Waals surface area (Å²) >= 11 is 0. The Morgan fingerprint density at radius 3 is 2.83 bits per heavy atom. The SMILES string of the molecule is Cc1cnn(C[C@@H]2CN(c3nc(C)cc(N(C)C)n3)CCO2)c1. The Kier molecular flexibility index (Phi) is 4.47. The summed E-state index contributed by atoms with van der Waals surface area (Å²) in [6, 6.07) is 1.99. The van der Waals surface area contributed by atoms with Crippen LogP contribution in [0, 0.1) is 13.8 Å². The van der Waals surface area contributed by atoms with Gasteiger partial charge in [0.15, 0.2) is 0 Å². The van der Waals surface area contributed by atoms with Crippen LogP contribution < -0.4 is 9.80 Å². The van der Waals surface area contributed by atoms with E-state index in [9.17, 15) is 0 Å². The summed E-state index contributed by atoms with van der Waals surface area (Å²) in [5, 5.41) is 4.34. The normalized spacial score (nSPS) is 18.3. The average Bonchev–Trinajstić information content (AvgIpc) is 2.92.